The van der Waals surface area contributed by atoms with Crippen molar-refractivity contribution in [2.45, 2.75) is 31.9 Å². The Balaban J connectivity index is 1.29. The highest BCUT2D eigenvalue weighted by Crippen LogP contribution is 2.28. The Morgan fingerprint density at radius 1 is 1.36 bits per heavy atom. The molecule has 4 rings (SSSR count). The number of anilines is 1. The van der Waals surface area contributed by atoms with E-state index in [1.165, 1.54) is 29.9 Å². The normalized spacial score (nSPS) is 19.2. The number of carbonyl (C=O) groups is 2. The fourth-order valence-corrected chi connectivity index (χ4v) is 4.35. The summed E-state index contributed by atoms with van der Waals surface area (Å²) in [6, 6.07) is 0. The molecule has 10 heteroatoms. The zero-order valence-electron chi connectivity index (χ0n) is 15.4. The SMILES string of the molecule is O=C(CN1CCc2nc(NC(=O)c3cnccn3)sc2C1)NCC1CCCO1. The summed E-state index contributed by atoms with van der Waals surface area (Å²) in [6.07, 6.45) is 7.40. The molecule has 2 aliphatic heterocycles. The Morgan fingerprint density at radius 2 is 2.29 bits per heavy atom. The van der Waals surface area contributed by atoms with E-state index in [2.05, 4.69) is 30.5 Å². The minimum Gasteiger partial charge on any atom is -0.376 e. The van der Waals surface area contributed by atoms with Crippen LogP contribution >= 0.6 is 11.3 Å². The van der Waals surface area contributed by atoms with Crippen molar-refractivity contribution >= 4 is 28.3 Å². The smallest absolute Gasteiger partial charge is 0.277 e. The van der Waals surface area contributed by atoms with Crippen molar-refractivity contribution in [1.29, 1.82) is 0 Å². The van der Waals surface area contributed by atoms with Gasteiger partial charge in [0, 0.05) is 49.9 Å². The van der Waals surface area contributed by atoms with E-state index in [1.54, 1.807) is 0 Å². The molecule has 1 atom stereocenters. The molecule has 1 saturated heterocycles. The molecule has 0 bridgehead atoms. The van der Waals surface area contributed by atoms with Crippen LogP contribution in [0.4, 0.5) is 5.13 Å². The topological polar surface area (TPSA) is 109 Å². The Labute approximate surface area is 166 Å². The van der Waals surface area contributed by atoms with Gasteiger partial charge in [-0.05, 0) is 12.8 Å². The number of fused-ring (bicyclic) bond motifs is 1. The first-order chi connectivity index (χ1) is 13.7. The molecule has 2 aliphatic rings. The summed E-state index contributed by atoms with van der Waals surface area (Å²) in [6.45, 7) is 3.14. The summed E-state index contributed by atoms with van der Waals surface area (Å²) >= 11 is 1.44. The molecule has 4 heterocycles. The summed E-state index contributed by atoms with van der Waals surface area (Å²) in [5, 5.41) is 6.28. The predicted molar refractivity (Wildman–Crippen MR) is 103 cm³/mol. The Bertz CT molecular complexity index is 837. The first kappa shape index (κ1) is 18.9. The van der Waals surface area contributed by atoms with Gasteiger partial charge in [-0.1, -0.05) is 0 Å². The molecule has 28 heavy (non-hydrogen) atoms. The van der Waals surface area contributed by atoms with E-state index in [9.17, 15) is 9.59 Å². The van der Waals surface area contributed by atoms with Gasteiger partial charge in [0.25, 0.3) is 5.91 Å². The maximum Gasteiger partial charge on any atom is 0.277 e. The minimum absolute atomic E-state index is 0.0136. The molecular formula is C18H22N6O3S. The highest BCUT2D eigenvalue weighted by molar-refractivity contribution is 7.15. The average molecular weight is 402 g/mol. The van der Waals surface area contributed by atoms with Gasteiger partial charge in [0.15, 0.2) is 5.13 Å². The van der Waals surface area contributed by atoms with Crippen molar-refractivity contribution in [3.63, 3.8) is 0 Å². The number of hydrogen-bond donors (Lipinski definition) is 2. The van der Waals surface area contributed by atoms with Crippen LogP contribution in [0.25, 0.3) is 0 Å². The lowest BCUT2D eigenvalue weighted by molar-refractivity contribution is -0.122. The molecule has 2 aromatic heterocycles. The monoisotopic (exact) mass is 402 g/mol. The first-order valence-electron chi connectivity index (χ1n) is 9.34. The average Bonchev–Trinajstić information content (AvgIpc) is 3.36. The number of nitrogens with one attached hydrogen (secondary N) is 2. The zero-order valence-corrected chi connectivity index (χ0v) is 16.2. The molecule has 2 N–H and O–H groups in total. The van der Waals surface area contributed by atoms with Crippen LogP contribution < -0.4 is 10.6 Å². The number of amides is 2. The number of hydrogen-bond acceptors (Lipinski definition) is 8. The van der Waals surface area contributed by atoms with E-state index in [-0.39, 0.29) is 23.6 Å². The third-order valence-electron chi connectivity index (χ3n) is 4.74. The molecule has 148 valence electrons. The number of nitrogens with zero attached hydrogens (tertiary/aromatic N) is 4. The summed E-state index contributed by atoms with van der Waals surface area (Å²) < 4.78 is 5.53. The second-order valence-corrected chi connectivity index (χ2v) is 7.92. The van der Waals surface area contributed by atoms with Crippen molar-refractivity contribution in [2.75, 3.05) is 31.6 Å². The van der Waals surface area contributed by atoms with Gasteiger partial charge in [0.1, 0.15) is 5.69 Å². The lowest BCUT2D eigenvalue weighted by atomic mass is 10.2. The largest absolute Gasteiger partial charge is 0.376 e. The number of carbonyl (C=O) groups excluding carboxylic acids is 2. The van der Waals surface area contributed by atoms with E-state index >= 15 is 0 Å². The van der Waals surface area contributed by atoms with E-state index in [0.29, 0.717) is 24.8 Å². The number of thiazole rings is 1. The Kier molecular flexibility index (Phi) is 5.89. The maximum atomic E-state index is 12.2. The highest BCUT2D eigenvalue weighted by Gasteiger charge is 2.24. The van der Waals surface area contributed by atoms with Crippen LogP contribution in [0.3, 0.4) is 0 Å². The van der Waals surface area contributed by atoms with Crippen LogP contribution in [0.5, 0.6) is 0 Å². The van der Waals surface area contributed by atoms with E-state index < -0.39 is 0 Å². The molecule has 2 aromatic rings. The molecule has 0 saturated carbocycles. The van der Waals surface area contributed by atoms with Gasteiger partial charge in [-0.15, -0.1) is 11.3 Å². The third-order valence-corrected chi connectivity index (χ3v) is 5.74. The summed E-state index contributed by atoms with van der Waals surface area (Å²) in [7, 11) is 0. The van der Waals surface area contributed by atoms with Gasteiger partial charge in [-0.2, -0.15) is 0 Å². The van der Waals surface area contributed by atoms with Crippen LogP contribution in [0.2, 0.25) is 0 Å². The molecular weight excluding hydrogens is 380 g/mol. The van der Waals surface area contributed by atoms with Gasteiger partial charge in [0.2, 0.25) is 5.91 Å². The van der Waals surface area contributed by atoms with Crippen LogP contribution in [-0.2, 0) is 22.5 Å². The van der Waals surface area contributed by atoms with E-state index in [1.807, 2.05) is 0 Å². The molecule has 1 unspecified atom stereocenters. The van der Waals surface area contributed by atoms with Gasteiger partial charge in [0.05, 0.1) is 24.5 Å². The predicted octanol–water partition coefficient (Wildman–Crippen LogP) is 0.839. The lowest BCUT2D eigenvalue weighted by Gasteiger charge is -2.25. The number of aromatic nitrogens is 3. The summed E-state index contributed by atoms with van der Waals surface area (Å²) in [5.74, 6) is -0.316. The Hall–Kier alpha value is -2.43. The summed E-state index contributed by atoms with van der Waals surface area (Å²) in [4.78, 5) is 40.0. The zero-order chi connectivity index (χ0) is 19.3. The van der Waals surface area contributed by atoms with E-state index in [0.717, 1.165) is 43.0 Å². The minimum atomic E-state index is -0.329. The van der Waals surface area contributed by atoms with Crippen molar-refractivity contribution in [3.8, 4) is 0 Å². The quantitative estimate of drug-likeness (QED) is 0.737. The van der Waals surface area contributed by atoms with Gasteiger partial charge in [-0.25, -0.2) is 9.97 Å². The Morgan fingerprint density at radius 3 is 3.07 bits per heavy atom. The molecule has 1 fully saturated rings. The molecule has 0 aliphatic carbocycles. The van der Waals surface area contributed by atoms with Crippen molar-refractivity contribution in [3.05, 3.63) is 34.9 Å². The van der Waals surface area contributed by atoms with Crippen LogP contribution in [-0.4, -0.2) is 64.0 Å². The molecule has 9 nitrogen and oxygen atoms in total. The fourth-order valence-electron chi connectivity index (χ4n) is 3.31. The number of ether oxygens (including phenoxy) is 1. The van der Waals surface area contributed by atoms with Crippen LogP contribution in [0, 0.1) is 0 Å². The molecule has 0 aromatic carbocycles. The lowest BCUT2D eigenvalue weighted by Crippen LogP contribution is -2.41. The third kappa shape index (κ3) is 4.70. The molecule has 2 amide bonds. The highest BCUT2D eigenvalue weighted by atomic mass is 32.1. The fraction of sp³-hybridized carbons (Fsp3) is 0.500. The van der Waals surface area contributed by atoms with Gasteiger partial charge >= 0.3 is 0 Å². The number of rotatable bonds is 6. The van der Waals surface area contributed by atoms with Crippen molar-refractivity contribution in [2.24, 2.45) is 0 Å². The van der Waals surface area contributed by atoms with Crippen LogP contribution in [0.1, 0.15) is 33.9 Å². The van der Waals surface area contributed by atoms with Gasteiger partial charge < -0.3 is 10.1 Å². The first-order valence-corrected chi connectivity index (χ1v) is 10.2. The van der Waals surface area contributed by atoms with Crippen molar-refractivity contribution < 1.29 is 14.3 Å². The molecule has 0 spiro atoms. The van der Waals surface area contributed by atoms with Crippen molar-refractivity contribution in [1.82, 2.24) is 25.2 Å². The standard InChI is InChI=1S/C18H22N6O3S/c25-16(21-8-12-2-1-7-27-12)11-24-6-3-13-15(10-24)28-18(22-13)23-17(26)14-9-19-4-5-20-14/h4-5,9,12H,1-3,6-8,10-11H2,(H,21,25)(H,22,23,26). The van der Waals surface area contributed by atoms with E-state index in [4.69, 9.17) is 4.74 Å². The van der Waals surface area contributed by atoms with Gasteiger partial charge in [-0.3, -0.25) is 24.8 Å². The maximum absolute atomic E-state index is 12.2. The van der Waals surface area contributed by atoms with Crippen LogP contribution in [0.15, 0.2) is 18.6 Å². The summed E-state index contributed by atoms with van der Waals surface area (Å²) in [5.41, 5.74) is 1.23. The molecule has 0 radical (unpaired) electrons. The second kappa shape index (κ2) is 8.72. The second-order valence-electron chi connectivity index (χ2n) is 6.83.